The number of nitrogens with zero attached hydrogens (tertiary/aromatic N) is 2. The SMILES string of the molecule is CNC(Cc1cc(Br)cs1)CC1CN(C)CCN1C. The molecule has 2 unspecified atom stereocenters. The van der Waals surface area contributed by atoms with E-state index in [1.165, 1.54) is 35.4 Å². The zero-order valence-corrected chi connectivity index (χ0v) is 14.4. The highest BCUT2D eigenvalue weighted by molar-refractivity contribution is 9.10. The first-order valence-corrected chi connectivity index (χ1v) is 8.54. The highest BCUT2D eigenvalue weighted by Gasteiger charge is 2.25. The molecule has 5 heteroatoms. The first kappa shape index (κ1) is 15.4. The molecule has 2 heterocycles. The van der Waals surface area contributed by atoms with Gasteiger partial charge in [-0.25, -0.2) is 0 Å². The Bertz CT molecular complexity index is 396. The van der Waals surface area contributed by atoms with Crippen LogP contribution in [0.15, 0.2) is 15.9 Å². The van der Waals surface area contributed by atoms with Crippen LogP contribution in [0.25, 0.3) is 0 Å². The lowest BCUT2D eigenvalue weighted by molar-refractivity contribution is 0.102. The van der Waals surface area contributed by atoms with Crippen molar-refractivity contribution >= 4 is 27.3 Å². The van der Waals surface area contributed by atoms with Gasteiger partial charge in [-0.05, 0) is 56.0 Å². The van der Waals surface area contributed by atoms with Crippen LogP contribution in [-0.4, -0.2) is 62.7 Å². The van der Waals surface area contributed by atoms with Gasteiger partial charge in [-0.15, -0.1) is 11.3 Å². The van der Waals surface area contributed by atoms with Crippen molar-refractivity contribution in [3.63, 3.8) is 0 Å². The normalized spacial score (nSPS) is 23.7. The van der Waals surface area contributed by atoms with Crippen molar-refractivity contribution in [2.24, 2.45) is 0 Å². The average molecular weight is 346 g/mol. The molecule has 1 saturated heterocycles. The van der Waals surface area contributed by atoms with Gasteiger partial charge >= 0.3 is 0 Å². The molecule has 1 aliphatic rings. The van der Waals surface area contributed by atoms with Crippen LogP contribution in [0.1, 0.15) is 11.3 Å². The van der Waals surface area contributed by atoms with Crippen LogP contribution in [-0.2, 0) is 6.42 Å². The number of halogens is 1. The Kier molecular flexibility index (Phi) is 5.84. The molecule has 1 fully saturated rings. The van der Waals surface area contributed by atoms with Crippen molar-refractivity contribution in [3.8, 4) is 0 Å². The highest BCUT2D eigenvalue weighted by atomic mass is 79.9. The Morgan fingerprint density at radius 1 is 1.47 bits per heavy atom. The second-order valence-corrected chi connectivity index (χ2v) is 7.46. The summed E-state index contributed by atoms with van der Waals surface area (Å²) in [6.07, 6.45) is 2.34. The van der Waals surface area contributed by atoms with E-state index in [-0.39, 0.29) is 0 Å². The Morgan fingerprint density at radius 2 is 2.26 bits per heavy atom. The van der Waals surface area contributed by atoms with E-state index in [0.717, 1.165) is 6.42 Å². The fourth-order valence-corrected chi connectivity index (χ4v) is 4.22. The molecule has 108 valence electrons. The van der Waals surface area contributed by atoms with Crippen LogP contribution in [0.2, 0.25) is 0 Å². The van der Waals surface area contributed by atoms with Gasteiger partial charge in [-0.1, -0.05) is 0 Å². The predicted octanol–water partition coefficient (Wildman–Crippen LogP) is 2.28. The summed E-state index contributed by atoms with van der Waals surface area (Å²) in [5.74, 6) is 0. The summed E-state index contributed by atoms with van der Waals surface area (Å²) >= 11 is 5.38. The Morgan fingerprint density at radius 3 is 2.89 bits per heavy atom. The quantitative estimate of drug-likeness (QED) is 0.883. The third kappa shape index (κ3) is 4.53. The monoisotopic (exact) mass is 345 g/mol. The molecule has 0 aromatic carbocycles. The van der Waals surface area contributed by atoms with Crippen LogP contribution in [0.5, 0.6) is 0 Å². The van der Waals surface area contributed by atoms with Gasteiger partial charge in [0.25, 0.3) is 0 Å². The van der Waals surface area contributed by atoms with Gasteiger partial charge in [0.1, 0.15) is 0 Å². The number of piperazine rings is 1. The third-order valence-electron chi connectivity index (χ3n) is 4.01. The van der Waals surface area contributed by atoms with Gasteiger partial charge in [-0.2, -0.15) is 0 Å². The lowest BCUT2D eigenvalue weighted by Crippen LogP contribution is -2.52. The number of hydrogen-bond donors (Lipinski definition) is 1. The summed E-state index contributed by atoms with van der Waals surface area (Å²) in [6, 6.07) is 3.47. The first-order chi connectivity index (χ1) is 9.08. The van der Waals surface area contributed by atoms with E-state index < -0.39 is 0 Å². The van der Waals surface area contributed by atoms with E-state index in [2.05, 4.69) is 63.6 Å². The summed E-state index contributed by atoms with van der Waals surface area (Å²) in [6.45, 7) is 3.56. The molecule has 0 amide bonds. The fraction of sp³-hybridized carbons (Fsp3) is 0.714. The standard InChI is InChI=1S/C14H24BrN3S/c1-16-12(8-14-6-11(15)10-19-14)7-13-9-17(2)4-5-18(13)3/h6,10,12-13,16H,4-5,7-9H2,1-3H3. The van der Waals surface area contributed by atoms with Crippen molar-refractivity contribution < 1.29 is 0 Å². The van der Waals surface area contributed by atoms with E-state index in [1.807, 2.05) is 11.3 Å². The maximum atomic E-state index is 3.54. The van der Waals surface area contributed by atoms with Gasteiger partial charge in [0.15, 0.2) is 0 Å². The molecule has 1 N–H and O–H groups in total. The van der Waals surface area contributed by atoms with Crippen molar-refractivity contribution in [1.82, 2.24) is 15.1 Å². The minimum absolute atomic E-state index is 0.560. The largest absolute Gasteiger partial charge is 0.317 e. The molecular formula is C14H24BrN3S. The summed E-state index contributed by atoms with van der Waals surface area (Å²) < 4.78 is 1.21. The van der Waals surface area contributed by atoms with Gasteiger partial charge in [0.2, 0.25) is 0 Å². The zero-order valence-electron chi connectivity index (χ0n) is 12.0. The first-order valence-electron chi connectivity index (χ1n) is 6.87. The number of rotatable bonds is 5. The van der Waals surface area contributed by atoms with E-state index >= 15 is 0 Å². The molecule has 0 spiro atoms. The molecular weight excluding hydrogens is 322 g/mol. The lowest BCUT2D eigenvalue weighted by atomic mass is 10.0. The second-order valence-electron chi connectivity index (χ2n) is 5.55. The van der Waals surface area contributed by atoms with Gasteiger partial charge in [-0.3, -0.25) is 0 Å². The van der Waals surface area contributed by atoms with Crippen LogP contribution in [0, 0.1) is 0 Å². The number of thiophene rings is 1. The van der Waals surface area contributed by atoms with Gasteiger partial charge < -0.3 is 15.1 Å². The lowest BCUT2D eigenvalue weighted by Gasteiger charge is -2.39. The minimum atomic E-state index is 0.560. The molecule has 2 atom stereocenters. The smallest absolute Gasteiger partial charge is 0.0285 e. The number of hydrogen-bond acceptors (Lipinski definition) is 4. The van der Waals surface area contributed by atoms with E-state index in [0.29, 0.717) is 12.1 Å². The molecule has 0 saturated carbocycles. The fourth-order valence-electron chi connectivity index (χ4n) is 2.69. The minimum Gasteiger partial charge on any atom is -0.317 e. The van der Waals surface area contributed by atoms with Crippen LogP contribution in [0.3, 0.4) is 0 Å². The maximum Gasteiger partial charge on any atom is 0.0285 e. The summed E-state index contributed by atoms with van der Waals surface area (Å²) in [4.78, 5) is 6.41. The topological polar surface area (TPSA) is 18.5 Å². The predicted molar refractivity (Wildman–Crippen MR) is 87.1 cm³/mol. The van der Waals surface area contributed by atoms with Crippen LogP contribution < -0.4 is 5.32 Å². The van der Waals surface area contributed by atoms with Crippen molar-refractivity contribution in [1.29, 1.82) is 0 Å². The van der Waals surface area contributed by atoms with E-state index in [1.54, 1.807) is 0 Å². The molecule has 3 nitrogen and oxygen atoms in total. The Balaban J connectivity index is 1.90. The number of likely N-dealkylation sites (N-methyl/N-ethyl adjacent to an activating group) is 3. The molecule has 0 aliphatic carbocycles. The van der Waals surface area contributed by atoms with Crippen LogP contribution in [0.4, 0.5) is 0 Å². The highest BCUT2D eigenvalue weighted by Crippen LogP contribution is 2.22. The summed E-state index contributed by atoms with van der Waals surface area (Å²) in [7, 11) is 6.57. The summed E-state index contributed by atoms with van der Waals surface area (Å²) in [5, 5.41) is 5.66. The molecule has 1 aromatic heterocycles. The molecule has 0 radical (unpaired) electrons. The second kappa shape index (κ2) is 7.18. The summed E-state index contributed by atoms with van der Waals surface area (Å²) in [5.41, 5.74) is 0. The average Bonchev–Trinajstić information content (AvgIpc) is 2.78. The molecule has 2 rings (SSSR count). The zero-order chi connectivity index (χ0) is 13.8. The maximum absolute atomic E-state index is 3.54. The Labute approximate surface area is 129 Å². The number of nitrogens with one attached hydrogen (secondary N) is 1. The molecule has 19 heavy (non-hydrogen) atoms. The molecule has 0 bridgehead atoms. The third-order valence-corrected chi connectivity index (χ3v) is 5.73. The van der Waals surface area contributed by atoms with Crippen molar-refractivity contribution in [2.75, 3.05) is 40.8 Å². The molecule has 1 aliphatic heterocycles. The molecule has 1 aromatic rings. The van der Waals surface area contributed by atoms with Crippen molar-refractivity contribution in [2.45, 2.75) is 24.9 Å². The van der Waals surface area contributed by atoms with Crippen LogP contribution >= 0.6 is 27.3 Å². The van der Waals surface area contributed by atoms with Crippen molar-refractivity contribution in [3.05, 3.63) is 20.8 Å². The Hall–Kier alpha value is 0.0600. The van der Waals surface area contributed by atoms with E-state index in [9.17, 15) is 0 Å². The van der Waals surface area contributed by atoms with E-state index in [4.69, 9.17) is 0 Å². The van der Waals surface area contributed by atoms with Gasteiger partial charge in [0.05, 0.1) is 0 Å². The van der Waals surface area contributed by atoms with Gasteiger partial charge in [0, 0.05) is 46.4 Å².